The van der Waals surface area contributed by atoms with E-state index >= 15 is 0 Å². The lowest BCUT2D eigenvalue weighted by molar-refractivity contribution is -0.112. The van der Waals surface area contributed by atoms with Gasteiger partial charge in [-0.2, -0.15) is 10.5 Å². The number of para-hydroxylation sites is 2. The van der Waals surface area contributed by atoms with Crippen molar-refractivity contribution in [2.75, 3.05) is 19.5 Å². The van der Waals surface area contributed by atoms with E-state index in [0.717, 1.165) is 5.56 Å². The van der Waals surface area contributed by atoms with Gasteiger partial charge in [-0.1, -0.05) is 24.3 Å². The number of hydrogen-bond donors (Lipinski definition) is 1. The summed E-state index contributed by atoms with van der Waals surface area (Å²) in [6.45, 7) is 0.264. The van der Waals surface area contributed by atoms with Gasteiger partial charge in [0, 0.05) is 0 Å². The largest absolute Gasteiger partial charge is 0.495 e. The first-order valence-corrected chi connectivity index (χ1v) is 10.8. The van der Waals surface area contributed by atoms with Gasteiger partial charge in [0.1, 0.15) is 24.0 Å². The third kappa shape index (κ3) is 5.94. The number of rotatable bonds is 8. The summed E-state index contributed by atoms with van der Waals surface area (Å²) in [5, 5.41) is 21.2. The van der Waals surface area contributed by atoms with E-state index in [2.05, 4.69) is 27.3 Å². The number of carbonyl (C=O) groups is 1. The summed E-state index contributed by atoms with van der Waals surface area (Å²) < 4.78 is 17.2. The van der Waals surface area contributed by atoms with E-state index in [1.165, 1.54) is 20.3 Å². The van der Waals surface area contributed by atoms with Gasteiger partial charge in [0.25, 0.3) is 5.91 Å². The van der Waals surface area contributed by atoms with Crippen LogP contribution in [0.15, 0.2) is 70.7 Å². The lowest BCUT2D eigenvalue weighted by atomic mass is 10.1. The summed E-state index contributed by atoms with van der Waals surface area (Å²) in [7, 11) is 3.00. The molecule has 0 spiro atoms. The number of halogens is 1. The zero-order valence-electron chi connectivity index (χ0n) is 18.5. The highest BCUT2D eigenvalue weighted by molar-refractivity contribution is 9.10. The van der Waals surface area contributed by atoms with Gasteiger partial charge < -0.3 is 19.5 Å². The smallest absolute Gasteiger partial charge is 0.266 e. The van der Waals surface area contributed by atoms with E-state index in [-0.39, 0.29) is 12.2 Å². The predicted octanol–water partition coefficient (Wildman–Crippen LogP) is 5.46. The standard InChI is InChI=1S/C26H20BrN3O4/c1-32-23-6-4-3-5-22(23)30-26(31)20(15-29)11-19-12-21(27)25(24(13-19)33-2)34-16-18-9-7-17(14-28)8-10-18/h3-13H,16H2,1-2H3,(H,30,31)/b20-11+. The summed E-state index contributed by atoms with van der Waals surface area (Å²) in [5.41, 5.74) is 2.40. The predicted molar refractivity (Wildman–Crippen MR) is 131 cm³/mol. The Morgan fingerprint density at radius 2 is 1.74 bits per heavy atom. The molecule has 0 unspecified atom stereocenters. The molecule has 0 atom stereocenters. The molecule has 3 rings (SSSR count). The summed E-state index contributed by atoms with van der Waals surface area (Å²) in [4.78, 5) is 12.7. The van der Waals surface area contributed by atoms with Crippen LogP contribution < -0.4 is 19.5 Å². The maximum absolute atomic E-state index is 12.7. The summed E-state index contributed by atoms with van der Waals surface area (Å²) >= 11 is 3.48. The van der Waals surface area contributed by atoms with Crippen LogP contribution in [-0.4, -0.2) is 20.1 Å². The Morgan fingerprint density at radius 1 is 1.03 bits per heavy atom. The molecule has 170 valence electrons. The van der Waals surface area contributed by atoms with Crippen molar-refractivity contribution in [1.82, 2.24) is 0 Å². The van der Waals surface area contributed by atoms with Crippen LogP contribution in [0.3, 0.4) is 0 Å². The molecule has 3 aromatic rings. The number of nitriles is 2. The van der Waals surface area contributed by atoms with Crippen LogP contribution >= 0.6 is 15.9 Å². The minimum Gasteiger partial charge on any atom is -0.495 e. The third-order valence-corrected chi connectivity index (χ3v) is 5.34. The Balaban J connectivity index is 1.81. The molecule has 1 amide bonds. The molecule has 0 saturated carbocycles. The van der Waals surface area contributed by atoms with E-state index < -0.39 is 5.91 Å². The topological polar surface area (TPSA) is 104 Å². The number of nitrogens with one attached hydrogen (secondary N) is 1. The molecule has 0 saturated heterocycles. The van der Waals surface area contributed by atoms with Crippen LogP contribution in [0.1, 0.15) is 16.7 Å². The van der Waals surface area contributed by atoms with Gasteiger partial charge in [-0.3, -0.25) is 4.79 Å². The highest BCUT2D eigenvalue weighted by Gasteiger charge is 2.15. The highest BCUT2D eigenvalue weighted by Crippen LogP contribution is 2.38. The average molecular weight is 518 g/mol. The molecule has 0 aliphatic heterocycles. The van der Waals surface area contributed by atoms with Crippen molar-refractivity contribution in [1.29, 1.82) is 10.5 Å². The van der Waals surface area contributed by atoms with Crippen molar-refractivity contribution in [3.05, 3.63) is 87.4 Å². The minimum absolute atomic E-state index is 0.0916. The van der Waals surface area contributed by atoms with Crippen molar-refractivity contribution in [2.24, 2.45) is 0 Å². The summed E-state index contributed by atoms with van der Waals surface area (Å²) in [6.07, 6.45) is 1.46. The zero-order valence-corrected chi connectivity index (χ0v) is 20.0. The normalized spacial score (nSPS) is 10.6. The van der Waals surface area contributed by atoms with E-state index in [1.807, 2.05) is 18.2 Å². The third-order valence-electron chi connectivity index (χ3n) is 4.75. The van der Waals surface area contributed by atoms with Gasteiger partial charge in [-0.05, 0) is 69.5 Å². The molecule has 34 heavy (non-hydrogen) atoms. The molecule has 0 aromatic heterocycles. The number of hydrogen-bond acceptors (Lipinski definition) is 6. The number of carbonyl (C=O) groups excluding carboxylic acids is 1. The molecule has 7 nitrogen and oxygen atoms in total. The van der Waals surface area contributed by atoms with Crippen LogP contribution in [0.25, 0.3) is 6.08 Å². The number of ether oxygens (including phenoxy) is 3. The van der Waals surface area contributed by atoms with Gasteiger partial charge in [0.05, 0.1) is 36.0 Å². The lowest BCUT2D eigenvalue weighted by Gasteiger charge is -2.14. The van der Waals surface area contributed by atoms with Gasteiger partial charge in [-0.15, -0.1) is 0 Å². The van der Waals surface area contributed by atoms with E-state index in [1.54, 1.807) is 48.5 Å². The Labute approximate surface area is 205 Å². The molecular formula is C26H20BrN3O4. The van der Waals surface area contributed by atoms with Crippen molar-refractivity contribution in [2.45, 2.75) is 6.61 Å². The first kappa shape index (κ1) is 24.4. The molecular weight excluding hydrogens is 498 g/mol. The maximum atomic E-state index is 12.7. The maximum Gasteiger partial charge on any atom is 0.266 e. The Morgan fingerprint density at radius 3 is 2.38 bits per heavy atom. The second-order valence-electron chi connectivity index (χ2n) is 6.96. The SMILES string of the molecule is COc1ccccc1NC(=O)/C(C#N)=C/c1cc(Br)c(OCc2ccc(C#N)cc2)c(OC)c1. The quantitative estimate of drug-likeness (QED) is 0.314. The van der Waals surface area contributed by atoms with Crippen LogP contribution in [0.4, 0.5) is 5.69 Å². The van der Waals surface area contributed by atoms with Crippen molar-refractivity contribution >= 4 is 33.6 Å². The number of benzene rings is 3. The molecule has 0 aliphatic carbocycles. The monoisotopic (exact) mass is 517 g/mol. The van der Waals surface area contributed by atoms with Crippen LogP contribution in [0.5, 0.6) is 17.2 Å². The first-order valence-electron chi connectivity index (χ1n) is 10.0. The minimum atomic E-state index is -0.566. The van der Waals surface area contributed by atoms with Crippen molar-refractivity contribution in [3.63, 3.8) is 0 Å². The second kappa shape index (κ2) is 11.6. The molecule has 3 aromatic carbocycles. The van der Waals surface area contributed by atoms with Crippen LogP contribution in [0, 0.1) is 22.7 Å². The van der Waals surface area contributed by atoms with Crippen molar-refractivity contribution < 1.29 is 19.0 Å². The Kier molecular flexibility index (Phi) is 8.28. The van der Waals surface area contributed by atoms with E-state index in [0.29, 0.717) is 38.5 Å². The number of methoxy groups -OCH3 is 2. The highest BCUT2D eigenvalue weighted by atomic mass is 79.9. The van der Waals surface area contributed by atoms with Crippen LogP contribution in [0.2, 0.25) is 0 Å². The Hall–Kier alpha value is -4.27. The number of nitrogens with zero attached hydrogens (tertiary/aromatic N) is 2. The fraction of sp³-hybridized carbons (Fsp3) is 0.115. The lowest BCUT2D eigenvalue weighted by Crippen LogP contribution is -2.14. The fourth-order valence-electron chi connectivity index (χ4n) is 3.05. The Bertz CT molecular complexity index is 1310. The zero-order chi connectivity index (χ0) is 24.5. The molecule has 0 bridgehead atoms. The number of amides is 1. The molecule has 0 fully saturated rings. The van der Waals surface area contributed by atoms with E-state index in [4.69, 9.17) is 19.5 Å². The molecule has 0 radical (unpaired) electrons. The average Bonchev–Trinajstić information content (AvgIpc) is 2.86. The molecule has 8 heteroatoms. The second-order valence-corrected chi connectivity index (χ2v) is 7.81. The van der Waals surface area contributed by atoms with Crippen molar-refractivity contribution in [3.8, 4) is 29.4 Å². The molecule has 0 aliphatic rings. The van der Waals surface area contributed by atoms with Gasteiger partial charge in [0.15, 0.2) is 11.5 Å². The van der Waals surface area contributed by atoms with Gasteiger partial charge in [-0.25, -0.2) is 0 Å². The number of anilines is 1. The van der Waals surface area contributed by atoms with Crippen LogP contribution in [-0.2, 0) is 11.4 Å². The summed E-state index contributed by atoms with van der Waals surface area (Å²) in [5.74, 6) is 0.822. The fourth-order valence-corrected chi connectivity index (χ4v) is 3.62. The first-order chi connectivity index (χ1) is 16.5. The summed E-state index contributed by atoms with van der Waals surface area (Å²) in [6, 6.07) is 21.4. The van der Waals surface area contributed by atoms with Gasteiger partial charge >= 0.3 is 0 Å². The molecule has 0 heterocycles. The van der Waals surface area contributed by atoms with E-state index in [9.17, 15) is 10.1 Å². The van der Waals surface area contributed by atoms with Gasteiger partial charge in [0.2, 0.25) is 0 Å². The molecule has 1 N–H and O–H groups in total.